The zero-order valence-electron chi connectivity index (χ0n) is 7.23. The normalized spacial score (nSPS) is 10.7. The molecule has 1 aromatic rings. The zero-order valence-corrected chi connectivity index (χ0v) is 9.57. The molecule has 0 fully saturated rings. The SMILES string of the molecule is COc1c(CBr)ncc(C(F)F)c1Cl. The molecule has 14 heavy (non-hydrogen) atoms. The fourth-order valence-electron chi connectivity index (χ4n) is 0.975. The number of hydrogen-bond acceptors (Lipinski definition) is 2. The van der Waals surface area contributed by atoms with Crippen LogP contribution < -0.4 is 4.74 Å². The van der Waals surface area contributed by atoms with E-state index in [1.807, 2.05) is 0 Å². The first-order valence-corrected chi connectivity index (χ1v) is 5.17. The number of pyridine rings is 1. The Labute approximate surface area is 93.4 Å². The Bertz CT molecular complexity index is 335. The fraction of sp³-hybridized carbons (Fsp3) is 0.375. The van der Waals surface area contributed by atoms with Crippen LogP contribution in [0.5, 0.6) is 5.75 Å². The first-order chi connectivity index (χ1) is 6.61. The molecule has 0 aliphatic heterocycles. The van der Waals surface area contributed by atoms with Gasteiger partial charge >= 0.3 is 0 Å². The first kappa shape index (κ1) is 11.7. The van der Waals surface area contributed by atoms with Crippen LogP contribution in [-0.4, -0.2) is 12.1 Å². The third kappa shape index (κ3) is 2.15. The molecule has 0 aliphatic carbocycles. The van der Waals surface area contributed by atoms with Gasteiger partial charge in [0.05, 0.1) is 23.4 Å². The summed E-state index contributed by atoms with van der Waals surface area (Å²) in [4.78, 5) is 3.81. The number of aromatic nitrogens is 1. The van der Waals surface area contributed by atoms with Crippen LogP contribution in [0.3, 0.4) is 0 Å². The van der Waals surface area contributed by atoms with Gasteiger partial charge in [-0.1, -0.05) is 27.5 Å². The van der Waals surface area contributed by atoms with Gasteiger partial charge in [-0.25, -0.2) is 8.78 Å². The molecule has 1 rings (SSSR count). The van der Waals surface area contributed by atoms with E-state index in [0.29, 0.717) is 11.0 Å². The second-order valence-electron chi connectivity index (χ2n) is 2.44. The minimum atomic E-state index is -2.65. The molecule has 0 aliphatic rings. The Balaban J connectivity index is 3.27. The second-order valence-corrected chi connectivity index (χ2v) is 3.38. The van der Waals surface area contributed by atoms with Crippen LogP contribution in [-0.2, 0) is 5.33 Å². The van der Waals surface area contributed by atoms with Crippen molar-refractivity contribution in [1.82, 2.24) is 4.98 Å². The molecule has 0 spiro atoms. The lowest BCUT2D eigenvalue weighted by atomic mass is 10.2. The minimum Gasteiger partial charge on any atom is -0.493 e. The van der Waals surface area contributed by atoms with E-state index in [1.54, 1.807) is 0 Å². The largest absolute Gasteiger partial charge is 0.493 e. The summed E-state index contributed by atoms with van der Waals surface area (Å²) in [5.41, 5.74) is 0.190. The van der Waals surface area contributed by atoms with Gasteiger partial charge in [-0.15, -0.1) is 0 Å². The first-order valence-electron chi connectivity index (χ1n) is 3.67. The number of ether oxygens (including phenoxy) is 1. The molecule has 1 aromatic heterocycles. The molecule has 0 N–H and O–H groups in total. The molecule has 1 heterocycles. The van der Waals surface area contributed by atoms with Crippen molar-refractivity contribution in [3.63, 3.8) is 0 Å². The number of methoxy groups -OCH3 is 1. The molecule has 0 radical (unpaired) electrons. The highest BCUT2D eigenvalue weighted by Crippen LogP contribution is 2.36. The molecule has 0 atom stereocenters. The van der Waals surface area contributed by atoms with Crippen LogP contribution >= 0.6 is 27.5 Å². The summed E-state index contributed by atoms with van der Waals surface area (Å²) >= 11 is 8.88. The Hall–Kier alpha value is -0.420. The smallest absolute Gasteiger partial charge is 0.266 e. The summed E-state index contributed by atoms with van der Waals surface area (Å²) in [5, 5.41) is 0.325. The van der Waals surface area contributed by atoms with Gasteiger partial charge in [0.25, 0.3) is 6.43 Å². The van der Waals surface area contributed by atoms with Crippen molar-refractivity contribution in [1.29, 1.82) is 0 Å². The van der Waals surface area contributed by atoms with Crippen molar-refractivity contribution >= 4 is 27.5 Å². The molecular weight excluding hydrogens is 279 g/mol. The highest BCUT2D eigenvalue weighted by Gasteiger charge is 2.19. The van der Waals surface area contributed by atoms with E-state index >= 15 is 0 Å². The molecule has 2 nitrogen and oxygen atoms in total. The van der Waals surface area contributed by atoms with Crippen LogP contribution in [0.2, 0.25) is 5.02 Å². The number of hydrogen-bond donors (Lipinski definition) is 0. The third-order valence-corrected chi connectivity index (χ3v) is 2.56. The lowest BCUT2D eigenvalue weighted by Gasteiger charge is -2.10. The average Bonchev–Trinajstić information content (AvgIpc) is 2.16. The number of nitrogens with zero attached hydrogens (tertiary/aromatic N) is 1. The molecule has 0 aromatic carbocycles. The predicted octanol–water partition coefficient (Wildman–Crippen LogP) is 3.58. The average molecular weight is 287 g/mol. The lowest BCUT2D eigenvalue weighted by molar-refractivity contribution is 0.150. The highest BCUT2D eigenvalue weighted by atomic mass is 79.9. The maximum Gasteiger partial charge on any atom is 0.266 e. The molecule has 0 bridgehead atoms. The Morgan fingerprint density at radius 2 is 2.29 bits per heavy atom. The Kier molecular flexibility index (Phi) is 4.07. The van der Waals surface area contributed by atoms with Crippen molar-refractivity contribution in [2.24, 2.45) is 0 Å². The van der Waals surface area contributed by atoms with Gasteiger partial charge < -0.3 is 4.74 Å². The second kappa shape index (κ2) is 4.89. The summed E-state index contributed by atoms with van der Waals surface area (Å²) in [6, 6.07) is 0. The van der Waals surface area contributed by atoms with Gasteiger partial charge in [-0.2, -0.15) is 0 Å². The lowest BCUT2D eigenvalue weighted by Crippen LogP contribution is -1.98. The molecule has 78 valence electrons. The summed E-state index contributed by atoms with van der Waals surface area (Å²) in [6.45, 7) is 0. The van der Waals surface area contributed by atoms with Crippen molar-refractivity contribution in [2.45, 2.75) is 11.8 Å². The van der Waals surface area contributed by atoms with E-state index < -0.39 is 6.43 Å². The third-order valence-electron chi connectivity index (χ3n) is 1.64. The van der Waals surface area contributed by atoms with Crippen LogP contribution in [0.4, 0.5) is 8.78 Å². The molecule has 0 saturated heterocycles. The number of alkyl halides is 3. The summed E-state index contributed by atoms with van der Waals surface area (Å²) < 4.78 is 29.7. The van der Waals surface area contributed by atoms with Crippen LogP contribution in [0.1, 0.15) is 17.7 Å². The van der Waals surface area contributed by atoms with E-state index in [1.165, 1.54) is 7.11 Å². The van der Waals surface area contributed by atoms with Crippen LogP contribution in [0.25, 0.3) is 0 Å². The van der Waals surface area contributed by atoms with Gasteiger partial charge in [-0.3, -0.25) is 4.98 Å². The molecule has 6 heteroatoms. The zero-order chi connectivity index (χ0) is 10.7. The maximum absolute atomic E-state index is 12.4. The molecule has 0 saturated carbocycles. The van der Waals surface area contributed by atoms with Gasteiger partial charge in [0.15, 0.2) is 5.75 Å². The number of rotatable bonds is 3. The van der Waals surface area contributed by atoms with Crippen molar-refractivity contribution in [2.75, 3.05) is 7.11 Å². The predicted molar refractivity (Wildman–Crippen MR) is 53.4 cm³/mol. The van der Waals surface area contributed by atoms with E-state index in [4.69, 9.17) is 16.3 Å². The van der Waals surface area contributed by atoms with E-state index in [2.05, 4.69) is 20.9 Å². The standard InChI is InChI=1S/C8H7BrClF2NO/c1-14-7-5(2-9)13-3-4(6(7)10)8(11)12/h3,8H,2H2,1H3. The summed E-state index contributed by atoms with van der Waals surface area (Å²) in [6.07, 6.45) is -1.58. The van der Waals surface area contributed by atoms with Crippen molar-refractivity contribution in [3.05, 3.63) is 22.5 Å². The summed E-state index contributed by atoms with van der Waals surface area (Å²) in [7, 11) is 1.37. The van der Waals surface area contributed by atoms with Crippen LogP contribution in [0.15, 0.2) is 6.20 Å². The maximum atomic E-state index is 12.4. The van der Waals surface area contributed by atoms with Gasteiger partial charge in [0, 0.05) is 11.5 Å². The van der Waals surface area contributed by atoms with Crippen molar-refractivity contribution < 1.29 is 13.5 Å². The summed E-state index contributed by atoms with van der Waals surface area (Å²) in [5.74, 6) is 0.196. The minimum absolute atomic E-state index is 0.0769. The molecule has 0 amide bonds. The topological polar surface area (TPSA) is 22.1 Å². The van der Waals surface area contributed by atoms with Crippen LogP contribution in [0, 0.1) is 0 Å². The fourth-order valence-corrected chi connectivity index (χ4v) is 1.69. The number of halogens is 4. The highest BCUT2D eigenvalue weighted by molar-refractivity contribution is 9.08. The van der Waals surface area contributed by atoms with E-state index in [9.17, 15) is 8.78 Å². The van der Waals surface area contributed by atoms with E-state index in [-0.39, 0.29) is 16.3 Å². The Morgan fingerprint density at radius 3 is 2.71 bits per heavy atom. The quantitative estimate of drug-likeness (QED) is 0.792. The van der Waals surface area contributed by atoms with Gasteiger partial charge in [-0.05, 0) is 0 Å². The van der Waals surface area contributed by atoms with Crippen molar-refractivity contribution in [3.8, 4) is 5.75 Å². The molecule has 0 unspecified atom stereocenters. The monoisotopic (exact) mass is 285 g/mol. The van der Waals surface area contributed by atoms with Gasteiger partial charge in [0.2, 0.25) is 0 Å². The van der Waals surface area contributed by atoms with E-state index in [0.717, 1.165) is 6.20 Å². The molecular formula is C8H7BrClF2NO. The Morgan fingerprint density at radius 1 is 1.64 bits per heavy atom. The van der Waals surface area contributed by atoms with Gasteiger partial charge in [0.1, 0.15) is 0 Å².